The van der Waals surface area contributed by atoms with Gasteiger partial charge in [-0.3, -0.25) is 9.52 Å². The van der Waals surface area contributed by atoms with Crippen LogP contribution < -0.4 is 19.5 Å². The fraction of sp³-hybridized carbons (Fsp3) is 0.111. The van der Waals surface area contributed by atoms with Gasteiger partial charge in [0.15, 0.2) is 5.13 Å². The normalized spacial score (nSPS) is 11.6. The minimum Gasteiger partial charge on any atom is -0.497 e. The molecular formula is C18H14F3N3O5S2. The number of alkyl halides is 3. The quantitative estimate of drug-likeness (QED) is 0.535. The van der Waals surface area contributed by atoms with Gasteiger partial charge in [-0.25, -0.2) is 13.4 Å². The summed E-state index contributed by atoms with van der Waals surface area (Å²) < 4.78 is 72.4. The number of amides is 1. The summed E-state index contributed by atoms with van der Waals surface area (Å²) in [5, 5.41) is 3.75. The highest BCUT2D eigenvalue weighted by Crippen LogP contribution is 2.25. The number of methoxy groups -OCH3 is 1. The Morgan fingerprint density at radius 2 is 1.65 bits per heavy atom. The van der Waals surface area contributed by atoms with Crippen LogP contribution in [0.15, 0.2) is 58.8 Å². The minimum absolute atomic E-state index is 0.0179. The van der Waals surface area contributed by atoms with Gasteiger partial charge in [0.25, 0.3) is 15.9 Å². The standard InChI is InChI=1S/C18H14F3N3O5S2/c1-28-12-6-8-14(9-7-12)31(26,27)24-17-23-15(10-30-17)16(25)22-11-2-4-13(5-3-11)29-18(19,20)21/h2-10H,1H3,(H,22,25)(H,23,24). The number of thiazole rings is 1. The fourth-order valence-corrected chi connectivity index (χ4v) is 4.23. The van der Waals surface area contributed by atoms with E-state index in [1.807, 2.05) is 0 Å². The molecule has 13 heteroatoms. The molecule has 0 saturated heterocycles. The summed E-state index contributed by atoms with van der Waals surface area (Å²) in [5.74, 6) is -0.616. The van der Waals surface area contributed by atoms with Crippen molar-refractivity contribution in [3.05, 3.63) is 59.6 Å². The Hall–Kier alpha value is -3.32. The molecule has 0 spiro atoms. The zero-order valence-electron chi connectivity index (χ0n) is 15.6. The SMILES string of the molecule is COc1ccc(S(=O)(=O)Nc2nc(C(=O)Nc3ccc(OC(F)(F)F)cc3)cs2)cc1. The van der Waals surface area contributed by atoms with Crippen molar-refractivity contribution >= 4 is 38.1 Å². The lowest BCUT2D eigenvalue weighted by Gasteiger charge is -2.09. The Labute approximate surface area is 178 Å². The predicted octanol–water partition coefficient (Wildman–Crippen LogP) is 4.10. The second-order valence-electron chi connectivity index (χ2n) is 5.85. The van der Waals surface area contributed by atoms with Gasteiger partial charge in [0, 0.05) is 11.1 Å². The second-order valence-corrected chi connectivity index (χ2v) is 8.39. The van der Waals surface area contributed by atoms with Gasteiger partial charge >= 0.3 is 6.36 Å². The monoisotopic (exact) mass is 473 g/mol. The number of benzene rings is 2. The molecule has 0 fully saturated rings. The van der Waals surface area contributed by atoms with Crippen molar-refractivity contribution in [1.29, 1.82) is 0 Å². The molecule has 3 aromatic rings. The summed E-state index contributed by atoms with van der Waals surface area (Å²) in [7, 11) is -2.47. The summed E-state index contributed by atoms with van der Waals surface area (Å²) >= 11 is 0.895. The molecule has 3 rings (SSSR count). The van der Waals surface area contributed by atoms with Crippen molar-refractivity contribution in [3.8, 4) is 11.5 Å². The number of hydrogen-bond donors (Lipinski definition) is 2. The van der Waals surface area contributed by atoms with Gasteiger partial charge in [-0.15, -0.1) is 24.5 Å². The Balaban J connectivity index is 1.65. The van der Waals surface area contributed by atoms with Crippen LogP contribution in [0.5, 0.6) is 11.5 Å². The van der Waals surface area contributed by atoms with E-state index >= 15 is 0 Å². The third-order valence-corrected chi connectivity index (χ3v) is 5.92. The first kappa shape index (κ1) is 22.4. The van der Waals surface area contributed by atoms with Crippen molar-refractivity contribution < 1.29 is 35.9 Å². The molecule has 8 nitrogen and oxygen atoms in total. The summed E-state index contributed by atoms with van der Waals surface area (Å²) in [6, 6.07) is 10.2. The van der Waals surface area contributed by atoms with Crippen LogP contribution in [0.4, 0.5) is 24.0 Å². The van der Waals surface area contributed by atoms with Crippen molar-refractivity contribution in [2.75, 3.05) is 17.1 Å². The summed E-state index contributed by atoms with van der Waals surface area (Å²) in [5.41, 5.74) is 0.126. The van der Waals surface area contributed by atoms with E-state index in [1.165, 1.54) is 48.9 Å². The van der Waals surface area contributed by atoms with Gasteiger partial charge < -0.3 is 14.8 Å². The van der Waals surface area contributed by atoms with Crippen LogP contribution in [0.2, 0.25) is 0 Å². The molecule has 1 aromatic heterocycles. The lowest BCUT2D eigenvalue weighted by atomic mass is 10.3. The van der Waals surface area contributed by atoms with E-state index in [1.54, 1.807) is 0 Å². The highest BCUT2D eigenvalue weighted by atomic mass is 32.2. The van der Waals surface area contributed by atoms with E-state index < -0.39 is 28.0 Å². The second kappa shape index (κ2) is 8.81. The summed E-state index contributed by atoms with van der Waals surface area (Å²) in [6.07, 6.45) is -4.82. The molecule has 2 aromatic carbocycles. The highest BCUT2D eigenvalue weighted by Gasteiger charge is 2.31. The van der Waals surface area contributed by atoms with E-state index in [9.17, 15) is 26.4 Å². The zero-order valence-corrected chi connectivity index (χ0v) is 17.3. The van der Waals surface area contributed by atoms with Gasteiger partial charge in [-0.05, 0) is 48.5 Å². The number of sulfonamides is 1. The average molecular weight is 473 g/mol. The Kier molecular flexibility index (Phi) is 6.36. The molecule has 0 unspecified atom stereocenters. The number of nitrogens with one attached hydrogen (secondary N) is 2. The number of aromatic nitrogens is 1. The van der Waals surface area contributed by atoms with Crippen LogP contribution >= 0.6 is 11.3 Å². The number of ether oxygens (including phenoxy) is 2. The largest absolute Gasteiger partial charge is 0.573 e. The molecule has 0 saturated carbocycles. The number of carbonyl (C=O) groups is 1. The van der Waals surface area contributed by atoms with Crippen LogP contribution in [0.3, 0.4) is 0 Å². The summed E-state index contributed by atoms with van der Waals surface area (Å²) in [6.45, 7) is 0. The van der Waals surface area contributed by atoms with E-state index in [-0.39, 0.29) is 21.4 Å². The predicted molar refractivity (Wildman–Crippen MR) is 107 cm³/mol. The smallest absolute Gasteiger partial charge is 0.497 e. The van der Waals surface area contributed by atoms with Crippen LogP contribution in [-0.4, -0.2) is 32.8 Å². The van der Waals surface area contributed by atoms with E-state index in [0.29, 0.717) is 5.75 Å². The molecule has 0 aliphatic rings. The Morgan fingerprint density at radius 3 is 2.23 bits per heavy atom. The average Bonchev–Trinajstić information content (AvgIpc) is 3.16. The first-order valence-corrected chi connectivity index (χ1v) is 10.7. The maximum atomic E-state index is 12.4. The van der Waals surface area contributed by atoms with Gasteiger partial charge in [-0.2, -0.15) is 0 Å². The molecule has 164 valence electrons. The third kappa shape index (κ3) is 6.08. The molecule has 0 radical (unpaired) electrons. The molecule has 0 atom stereocenters. The lowest BCUT2D eigenvalue weighted by Crippen LogP contribution is -2.17. The van der Waals surface area contributed by atoms with Crippen LogP contribution in [0.25, 0.3) is 0 Å². The van der Waals surface area contributed by atoms with Crippen LogP contribution in [-0.2, 0) is 10.0 Å². The number of nitrogens with zero attached hydrogens (tertiary/aromatic N) is 1. The van der Waals surface area contributed by atoms with Crippen molar-refractivity contribution in [3.63, 3.8) is 0 Å². The van der Waals surface area contributed by atoms with Crippen molar-refractivity contribution in [2.45, 2.75) is 11.3 Å². The number of rotatable bonds is 7. The Morgan fingerprint density at radius 1 is 1.03 bits per heavy atom. The van der Waals surface area contributed by atoms with Gasteiger partial charge in [0.2, 0.25) is 0 Å². The van der Waals surface area contributed by atoms with Crippen molar-refractivity contribution in [2.24, 2.45) is 0 Å². The van der Waals surface area contributed by atoms with Crippen molar-refractivity contribution in [1.82, 2.24) is 4.98 Å². The maximum Gasteiger partial charge on any atom is 0.573 e. The zero-order chi connectivity index (χ0) is 22.6. The number of anilines is 2. The first-order valence-electron chi connectivity index (χ1n) is 8.35. The molecular weight excluding hydrogens is 459 g/mol. The molecule has 0 aliphatic carbocycles. The van der Waals surface area contributed by atoms with Gasteiger partial charge in [-0.1, -0.05) is 0 Å². The maximum absolute atomic E-state index is 12.4. The molecule has 31 heavy (non-hydrogen) atoms. The highest BCUT2D eigenvalue weighted by molar-refractivity contribution is 7.93. The number of hydrogen-bond acceptors (Lipinski definition) is 7. The molecule has 2 N–H and O–H groups in total. The molecule has 1 amide bonds. The van der Waals surface area contributed by atoms with Gasteiger partial charge in [0.1, 0.15) is 17.2 Å². The molecule has 0 bridgehead atoms. The van der Waals surface area contributed by atoms with Crippen LogP contribution in [0.1, 0.15) is 10.5 Å². The third-order valence-electron chi connectivity index (χ3n) is 3.67. The number of halogens is 3. The molecule has 1 heterocycles. The first-order chi connectivity index (χ1) is 14.6. The van der Waals surface area contributed by atoms with E-state index in [2.05, 4.69) is 19.8 Å². The lowest BCUT2D eigenvalue weighted by molar-refractivity contribution is -0.274. The fourth-order valence-electron chi connectivity index (χ4n) is 2.29. The number of carbonyl (C=O) groups excluding carboxylic acids is 1. The minimum atomic E-state index is -4.82. The summed E-state index contributed by atoms with van der Waals surface area (Å²) in [4.78, 5) is 16.2. The van der Waals surface area contributed by atoms with E-state index in [0.717, 1.165) is 23.5 Å². The molecule has 0 aliphatic heterocycles. The van der Waals surface area contributed by atoms with Gasteiger partial charge in [0.05, 0.1) is 12.0 Å². The topological polar surface area (TPSA) is 107 Å². The van der Waals surface area contributed by atoms with E-state index in [4.69, 9.17) is 4.74 Å². The Bertz CT molecular complexity index is 1160. The van der Waals surface area contributed by atoms with Crippen LogP contribution in [0, 0.1) is 0 Å².